The summed E-state index contributed by atoms with van der Waals surface area (Å²) in [6, 6.07) is 2.54. The van der Waals surface area contributed by atoms with Crippen molar-refractivity contribution < 1.29 is 9.50 Å². The van der Waals surface area contributed by atoms with Gasteiger partial charge in [0.05, 0.1) is 0 Å². The minimum atomic E-state index is -0.600. The third kappa shape index (κ3) is 2.08. The first-order valence-electron chi connectivity index (χ1n) is 5.13. The van der Waals surface area contributed by atoms with Gasteiger partial charge < -0.3 is 16.6 Å². The van der Waals surface area contributed by atoms with Gasteiger partial charge in [0, 0.05) is 11.6 Å². The molecule has 5 heteroatoms. The van der Waals surface area contributed by atoms with Gasteiger partial charge in [-0.1, -0.05) is 12.5 Å². The van der Waals surface area contributed by atoms with Crippen LogP contribution in [0.3, 0.4) is 0 Å². The van der Waals surface area contributed by atoms with E-state index in [9.17, 15) is 9.50 Å². The molecule has 0 spiro atoms. The molecule has 0 heterocycles. The van der Waals surface area contributed by atoms with E-state index < -0.39 is 5.82 Å². The predicted molar refractivity (Wildman–Crippen MR) is 64.0 cm³/mol. The van der Waals surface area contributed by atoms with Gasteiger partial charge in [0.1, 0.15) is 17.3 Å². The zero-order valence-corrected chi connectivity index (χ0v) is 9.64. The predicted octanol–water partition coefficient (Wildman–Crippen LogP) is 2.34. The summed E-state index contributed by atoms with van der Waals surface area (Å²) in [7, 11) is 0. The standard InChI is InChI=1S/C11H15FN2O.ClH/c12-8-5-4-7(11(15)10(8)14)9(13)6-2-1-3-6;/h4-6,9,15H,1-3,13-14H2;1H/t9-;/m0./s1. The number of phenols is 1. The fourth-order valence-corrected chi connectivity index (χ4v) is 1.92. The van der Waals surface area contributed by atoms with Crippen molar-refractivity contribution in [3.63, 3.8) is 0 Å². The Bertz CT molecular complexity index is 382. The van der Waals surface area contributed by atoms with Crippen LogP contribution in [0.5, 0.6) is 5.75 Å². The van der Waals surface area contributed by atoms with Crippen LogP contribution in [0.15, 0.2) is 12.1 Å². The van der Waals surface area contributed by atoms with E-state index in [2.05, 4.69) is 0 Å². The van der Waals surface area contributed by atoms with Crippen LogP contribution in [-0.4, -0.2) is 5.11 Å². The van der Waals surface area contributed by atoms with Crippen LogP contribution in [0.2, 0.25) is 0 Å². The molecule has 2 rings (SSSR count). The first-order chi connectivity index (χ1) is 7.11. The van der Waals surface area contributed by atoms with E-state index in [1.807, 2.05) is 0 Å². The van der Waals surface area contributed by atoms with E-state index in [-0.39, 0.29) is 29.9 Å². The number of anilines is 1. The van der Waals surface area contributed by atoms with E-state index in [0.29, 0.717) is 11.5 Å². The van der Waals surface area contributed by atoms with E-state index >= 15 is 0 Å². The lowest BCUT2D eigenvalue weighted by molar-refractivity contribution is 0.260. The number of aromatic hydroxyl groups is 1. The van der Waals surface area contributed by atoms with Crippen LogP contribution in [0, 0.1) is 11.7 Å². The van der Waals surface area contributed by atoms with Crippen molar-refractivity contribution in [1.29, 1.82) is 0 Å². The van der Waals surface area contributed by atoms with Crippen molar-refractivity contribution in [3.05, 3.63) is 23.5 Å². The lowest BCUT2D eigenvalue weighted by Crippen LogP contribution is -2.27. The van der Waals surface area contributed by atoms with Crippen LogP contribution in [0.1, 0.15) is 30.9 Å². The molecule has 90 valence electrons. The van der Waals surface area contributed by atoms with E-state index in [1.165, 1.54) is 18.6 Å². The van der Waals surface area contributed by atoms with Crippen LogP contribution in [0.25, 0.3) is 0 Å². The van der Waals surface area contributed by atoms with Gasteiger partial charge in [-0.15, -0.1) is 12.4 Å². The number of hydrogen-bond donors (Lipinski definition) is 3. The summed E-state index contributed by atoms with van der Waals surface area (Å²) in [5, 5.41) is 9.67. The van der Waals surface area contributed by atoms with E-state index in [4.69, 9.17) is 11.5 Å². The number of nitrogens with two attached hydrogens (primary N) is 2. The number of nitrogen functional groups attached to an aromatic ring is 1. The van der Waals surface area contributed by atoms with E-state index in [0.717, 1.165) is 12.8 Å². The first-order valence-corrected chi connectivity index (χ1v) is 5.13. The van der Waals surface area contributed by atoms with Gasteiger partial charge in [-0.3, -0.25) is 0 Å². The number of benzene rings is 1. The summed E-state index contributed by atoms with van der Waals surface area (Å²) in [5.41, 5.74) is 11.7. The first kappa shape index (κ1) is 13.1. The molecule has 0 aromatic heterocycles. The van der Waals surface area contributed by atoms with Crippen molar-refractivity contribution in [2.45, 2.75) is 25.3 Å². The molecule has 0 bridgehead atoms. The summed E-state index contributed by atoms with van der Waals surface area (Å²) >= 11 is 0. The Balaban J connectivity index is 0.00000128. The Morgan fingerprint density at radius 2 is 2.00 bits per heavy atom. The van der Waals surface area contributed by atoms with Crippen molar-refractivity contribution in [3.8, 4) is 5.75 Å². The molecule has 0 aliphatic heterocycles. The smallest absolute Gasteiger partial charge is 0.149 e. The minimum Gasteiger partial charge on any atom is -0.505 e. The van der Waals surface area contributed by atoms with Gasteiger partial charge in [0.15, 0.2) is 0 Å². The molecular weight excluding hydrogens is 231 g/mol. The van der Waals surface area contributed by atoms with Gasteiger partial charge in [-0.25, -0.2) is 4.39 Å². The van der Waals surface area contributed by atoms with Crippen LogP contribution < -0.4 is 11.5 Å². The molecule has 1 saturated carbocycles. The maximum Gasteiger partial charge on any atom is 0.149 e. The lowest BCUT2D eigenvalue weighted by Gasteiger charge is -2.31. The zero-order chi connectivity index (χ0) is 11.0. The minimum absolute atomic E-state index is 0. The number of hydrogen-bond acceptors (Lipinski definition) is 3. The highest BCUT2D eigenvalue weighted by molar-refractivity contribution is 5.85. The molecule has 0 amide bonds. The molecule has 3 nitrogen and oxygen atoms in total. The molecule has 16 heavy (non-hydrogen) atoms. The zero-order valence-electron chi connectivity index (χ0n) is 8.82. The molecule has 1 aromatic carbocycles. The summed E-state index contributed by atoms with van der Waals surface area (Å²) < 4.78 is 13.0. The largest absolute Gasteiger partial charge is 0.505 e. The van der Waals surface area contributed by atoms with Crippen molar-refractivity contribution in [1.82, 2.24) is 0 Å². The van der Waals surface area contributed by atoms with Crippen molar-refractivity contribution in [2.75, 3.05) is 5.73 Å². The quantitative estimate of drug-likeness (QED) is 0.554. The lowest BCUT2D eigenvalue weighted by atomic mass is 9.77. The second-order valence-electron chi connectivity index (χ2n) is 4.12. The number of phenolic OH excluding ortho intramolecular Hbond substituents is 1. The van der Waals surface area contributed by atoms with Crippen molar-refractivity contribution in [2.24, 2.45) is 11.7 Å². The maximum absolute atomic E-state index is 13.0. The van der Waals surface area contributed by atoms with Gasteiger partial charge >= 0.3 is 0 Å². The summed E-state index contributed by atoms with van der Waals surface area (Å²) in [6.07, 6.45) is 3.31. The summed E-state index contributed by atoms with van der Waals surface area (Å²) in [4.78, 5) is 0. The molecule has 1 aliphatic rings. The second-order valence-corrected chi connectivity index (χ2v) is 4.12. The van der Waals surface area contributed by atoms with Crippen LogP contribution in [-0.2, 0) is 0 Å². The molecule has 1 fully saturated rings. The topological polar surface area (TPSA) is 72.3 Å². The summed E-state index contributed by atoms with van der Waals surface area (Å²) in [6.45, 7) is 0. The Kier molecular flexibility index (Phi) is 3.99. The molecule has 1 atom stereocenters. The number of halogens is 2. The fourth-order valence-electron chi connectivity index (χ4n) is 1.92. The van der Waals surface area contributed by atoms with Gasteiger partial charge in [-0.2, -0.15) is 0 Å². The molecule has 1 aliphatic carbocycles. The molecule has 1 aromatic rings. The van der Waals surface area contributed by atoms with Crippen LogP contribution >= 0.6 is 12.4 Å². The Hall–Kier alpha value is -1.00. The monoisotopic (exact) mass is 246 g/mol. The summed E-state index contributed by atoms with van der Waals surface area (Å²) in [5.74, 6) is -0.410. The van der Waals surface area contributed by atoms with Crippen molar-refractivity contribution >= 4 is 18.1 Å². The third-order valence-electron chi connectivity index (χ3n) is 3.21. The molecular formula is C11H16ClFN2O. The third-order valence-corrected chi connectivity index (χ3v) is 3.21. The highest BCUT2D eigenvalue weighted by Gasteiger charge is 2.28. The van der Waals surface area contributed by atoms with Gasteiger partial charge in [-0.05, 0) is 24.8 Å². The number of rotatable bonds is 2. The molecule has 0 radical (unpaired) electrons. The Labute approximate surface area is 100 Å². The highest BCUT2D eigenvalue weighted by Crippen LogP contribution is 2.40. The molecule has 0 saturated heterocycles. The normalized spacial score (nSPS) is 17.4. The maximum atomic E-state index is 13.0. The average molecular weight is 247 g/mol. The molecule has 0 unspecified atom stereocenters. The molecule has 5 N–H and O–H groups in total. The SMILES string of the molecule is Cl.Nc1c(F)ccc([C@@H](N)C2CCC2)c1O. The van der Waals surface area contributed by atoms with E-state index in [1.54, 1.807) is 0 Å². The Morgan fingerprint density at radius 1 is 1.38 bits per heavy atom. The fraction of sp³-hybridized carbons (Fsp3) is 0.455. The van der Waals surface area contributed by atoms with Gasteiger partial charge in [0.25, 0.3) is 0 Å². The Morgan fingerprint density at radius 3 is 2.50 bits per heavy atom. The average Bonchev–Trinajstić information content (AvgIpc) is 2.11. The highest BCUT2D eigenvalue weighted by atomic mass is 35.5. The van der Waals surface area contributed by atoms with Crippen LogP contribution in [0.4, 0.5) is 10.1 Å². The second kappa shape index (κ2) is 4.89. The van der Waals surface area contributed by atoms with Gasteiger partial charge in [0.2, 0.25) is 0 Å².